The van der Waals surface area contributed by atoms with Crippen LogP contribution in [0.4, 0.5) is 0 Å². The minimum absolute atomic E-state index is 0.0694. The Kier molecular flexibility index (Phi) is 17.4. The second-order valence-electron chi connectivity index (χ2n) is 8.42. The van der Waals surface area contributed by atoms with E-state index in [2.05, 4.69) is 29.0 Å². The number of carboxylic acid groups (broad SMARTS) is 1. The van der Waals surface area contributed by atoms with Crippen molar-refractivity contribution in [2.24, 2.45) is 4.99 Å². The molecule has 0 amide bonds. The Balaban J connectivity index is 1.90. The number of unbranched alkanes of at least 4 members (excludes halogenated alkanes) is 13. The van der Waals surface area contributed by atoms with Gasteiger partial charge in [-0.25, -0.2) is 0 Å². The Morgan fingerprint density at radius 3 is 2.17 bits per heavy atom. The minimum atomic E-state index is -0.811. The van der Waals surface area contributed by atoms with Gasteiger partial charge in [-0.05, 0) is 18.9 Å². The van der Waals surface area contributed by atoms with Gasteiger partial charge in [0, 0.05) is 13.1 Å². The third-order valence-corrected chi connectivity index (χ3v) is 5.67. The van der Waals surface area contributed by atoms with E-state index < -0.39 is 5.97 Å². The highest BCUT2D eigenvalue weighted by Gasteiger charge is 2.13. The number of aliphatic imine (C=N–C) groups is 1. The smallest absolute Gasteiger partial charge is 0.305 e. The zero-order valence-corrected chi connectivity index (χ0v) is 19.5. The molecule has 1 aliphatic heterocycles. The molecule has 1 N–H and O–H groups in total. The number of allylic oxidation sites excluding steroid dienone is 1. The van der Waals surface area contributed by atoms with Crippen LogP contribution in [-0.4, -0.2) is 54.7 Å². The molecule has 0 bridgehead atoms. The zero-order chi connectivity index (χ0) is 21.7. The first kappa shape index (κ1) is 26.7. The first-order chi connectivity index (χ1) is 14.7. The van der Waals surface area contributed by atoms with Crippen molar-refractivity contribution in [2.75, 3.05) is 32.8 Å². The van der Waals surface area contributed by atoms with Crippen LogP contribution in [-0.2, 0) is 9.53 Å². The number of rotatable bonds is 21. The molecule has 5 nitrogen and oxygen atoms in total. The highest BCUT2D eigenvalue weighted by atomic mass is 16.5. The molecule has 30 heavy (non-hydrogen) atoms. The summed E-state index contributed by atoms with van der Waals surface area (Å²) >= 11 is 0. The average molecular weight is 423 g/mol. The van der Waals surface area contributed by atoms with E-state index in [9.17, 15) is 4.79 Å². The van der Waals surface area contributed by atoms with Crippen molar-refractivity contribution in [1.29, 1.82) is 0 Å². The molecule has 1 heterocycles. The molecule has 0 unspecified atom stereocenters. The molecule has 0 saturated heterocycles. The molecule has 1 aliphatic rings. The highest BCUT2D eigenvalue weighted by molar-refractivity contribution is 5.94. The summed E-state index contributed by atoms with van der Waals surface area (Å²) in [7, 11) is 0. The predicted molar refractivity (Wildman–Crippen MR) is 126 cm³/mol. The number of ether oxygens (including phenoxy) is 1. The van der Waals surface area contributed by atoms with Crippen LogP contribution in [0, 0.1) is 0 Å². The lowest BCUT2D eigenvalue weighted by molar-refractivity contribution is -0.138. The van der Waals surface area contributed by atoms with E-state index in [-0.39, 0.29) is 13.0 Å². The van der Waals surface area contributed by atoms with Gasteiger partial charge in [-0.3, -0.25) is 9.79 Å². The number of carbonyl (C=O) groups is 1. The van der Waals surface area contributed by atoms with Gasteiger partial charge in [-0.15, -0.1) is 0 Å². The van der Waals surface area contributed by atoms with Crippen molar-refractivity contribution in [3.63, 3.8) is 0 Å². The average Bonchev–Trinajstić information content (AvgIpc) is 3.17. The SMILES string of the molecule is CCCCCCCCCCCCCCC/C=C/C1=NCCN1CCOCCC(=O)O. The fraction of sp³-hybridized carbons (Fsp3) is 0.840. The van der Waals surface area contributed by atoms with Gasteiger partial charge in [-0.2, -0.15) is 0 Å². The van der Waals surface area contributed by atoms with Gasteiger partial charge >= 0.3 is 5.97 Å². The lowest BCUT2D eigenvalue weighted by Gasteiger charge is -2.18. The number of amidine groups is 1. The van der Waals surface area contributed by atoms with E-state index in [1.54, 1.807) is 0 Å². The molecule has 0 fully saturated rings. The number of nitrogens with zero attached hydrogens (tertiary/aromatic N) is 2. The second kappa shape index (κ2) is 19.6. The molecule has 0 aliphatic carbocycles. The van der Waals surface area contributed by atoms with E-state index >= 15 is 0 Å². The van der Waals surface area contributed by atoms with Crippen molar-refractivity contribution >= 4 is 11.8 Å². The van der Waals surface area contributed by atoms with Crippen LogP contribution in [0.3, 0.4) is 0 Å². The number of hydrogen-bond acceptors (Lipinski definition) is 4. The molecule has 0 aromatic carbocycles. The van der Waals surface area contributed by atoms with Crippen molar-refractivity contribution in [1.82, 2.24) is 4.90 Å². The third kappa shape index (κ3) is 15.5. The summed E-state index contributed by atoms with van der Waals surface area (Å²) in [4.78, 5) is 17.2. The second-order valence-corrected chi connectivity index (χ2v) is 8.42. The molecule has 174 valence electrons. The van der Waals surface area contributed by atoms with Gasteiger partial charge in [0.15, 0.2) is 0 Å². The van der Waals surface area contributed by atoms with Crippen molar-refractivity contribution in [2.45, 2.75) is 103 Å². The van der Waals surface area contributed by atoms with Crippen LogP contribution < -0.4 is 0 Å². The van der Waals surface area contributed by atoms with Crippen LogP contribution in [0.2, 0.25) is 0 Å². The predicted octanol–water partition coefficient (Wildman–Crippen LogP) is 6.23. The van der Waals surface area contributed by atoms with Crippen molar-refractivity contribution in [3.05, 3.63) is 12.2 Å². The normalized spacial score (nSPS) is 14.0. The van der Waals surface area contributed by atoms with E-state index in [4.69, 9.17) is 9.84 Å². The van der Waals surface area contributed by atoms with Crippen molar-refractivity contribution in [3.8, 4) is 0 Å². The lowest BCUT2D eigenvalue weighted by Crippen LogP contribution is -2.30. The standard InChI is InChI=1S/C25H46N2O3/c1-2-3-4-5-6-7-8-9-10-11-12-13-14-15-16-17-24-26-19-20-27(24)21-23-30-22-18-25(28)29/h16-17H,2-15,18-23H2,1H3,(H,28,29)/b17-16+. The fourth-order valence-corrected chi connectivity index (χ4v) is 3.79. The number of hydrogen-bond donors (Lipinski definition) is 1. The number of aliphatic carboxylic acids is 1. The highest BCUT2D eigenvalue weighted by Crippen LogP contribution is 2.13. The van der Waals surface area contributed by atoms with Crippen LogP contribution in [0.15, 0.2) is 17.1 Å². The first-order valence-corrected chi connectivity index (χ1v) is 12.5. The Hall–Kier alpha value is -1.36. The zero-order valence-electron chi connectivity index (χ0n) is 19.5. The minimum Gasteiger partial charge on any atom is -0.481 e. The van der Waals surface area contributed by atoms with Gasteiger partial charge < -0.3 is 14.7 Å². The molecule has 0 atom stereocenters. The summed E-state index contributed by atoms with van der Waals surface area (Å²) < 4.78 is 5.38. The lowest BCUT2D eigenvalue weighted by atomic mass is 10.0. The monoisotopic (exact) mass is 422 g/mol. The summed E-state index contributed by atoms with van der Waals surface area (Å²) in [6, 6.07) is 0. The molecule has 1 rings (SSSR count). The third-order valence-electron chi connectivity index (χ3n) is 5.67. The summed E-state index contributed by atoms with van der Waals surface area (Å²) in [5, 5.41) is 8.61. The summed E-state index contributed by atoms with van der Waals surface area (Å²) in [5.74, 6) is 0.237. The van der Waals surface area contributed by atoms with E-state index in [0.717, 1.165) is 31.9 Å². The fourth-order valence-electron chi connectivity index (χ4n) is 3.79. The summed E-state index contributed by atoms with van der Waals surface area (Å²) in [5.41, 5.74) is 0. The molecule has 5 heteroatoms. The van der Waals surface area contributed by atoms with E-state index in [0.29, 0.717) is 6.61 Å². The van der Waals surface area contributed by atoms with Gasteiger partial charge in [0.2, 0.25) is 0 Å². The Morgan fingerprint density at radius 2 is 1.57 bits per heavy atom. The topological polar surface area (TPSA) is 62.1 Å². The van der Waals surface area contributed by atoms with Gasteiger partial charge in [0.1, 0.15) is 5.84 Å². The molecular weight excluding hydrogens is 376 g/mol. The van der Waals surface area contributed by atoms with Gasteiger partial charge in [-0.1, -0.05) is 90.0 Å². The molecular formula is C25H46N2O3. The van der Waals surface area contributed by atoms with Crippen LogP contribution in [0.25, 0.3) is 0 Å². The first-order valence-electron chi connectivity index (χ1n) is 12.5. The maximum atomic E-state index is 10.5. The maximum absolute atomic E-state index is 10.5. The molecule has 0 saturated carbocycles. The molecule has 0 aromatic rings. The van der Waals surface area contributed by atoms with Crippen LogP contribution >= 0.6 is 0 Å². The summed E-state index contributed by atoms with van der Waals surface area (Å²) in [6.45, 7) is 5.67. The Labute approximate surface area is 185 Å². The van der Waals surface area contributed by atoms with Crippen molar-refractivity contribution < 1.29 is 14.6 Å². The summed E-state index contributed by atoms with van der Waals surface area (Å²) in [6.07, 6.45) is 23.7. The van der Waals surface area contributed by atoms with Crippen LogP contribution in [0.5, 0.6) is 0 Å². The van der Waals surface area contributed by atoms with Crippen LogP contribution in [0.1, 0.15) is 103 Å². The maximum Gasteiger partial charge on any atom is 0.305 e. The Bertz CT molecular complexity index is 477. The largest absolute Gasteiger partial charge is 0.481 e. The quantitative estimate of drug-likeness (QED) is 0.223. The molecule has 0 aromatic heterocycles. The van der Waals surface area contributed by atoms with Gasteiger partial charge in [0.25, 0.3) is 0 Å². The number of carboxylic acids is 1. The Morgan fingerprint density at radius 1 is 0.967 bits per heavy atom. The van der Waals surface area contributed by atoms with E-state index in [1.165, 1.54) is 83.5 Å². The molecule has 0 spiro atoms. The molecule has 0 radical (unpaired) electrons. The van der Waals surface area contributed by atoms with E-state index in [1.807, 2.05) is 0 Å². The van der Waals surface area contributed by atoms with Gasteiger partial charge in [0.05, 0.1) is 26.2 Å².